The Kier molecular flexibility index (Phi) is 12.8. The summed E-state index contributed by atoms with van der Waals surface area (Å²) in [7, 11) is 1.83. The molecule has 1 saturated carbocycles. The summed E-state index contributed by atoms with van der Waals surface area (Å²) in [5, 5.41) is 6.84. The number of nitrogens with one attached hydrogen (secondary N) is 2. The first-order chi connectivity index (χ1) is 10.5. The second kappa shape index (κ2) is 12.6. The number of hydrogen-bond acceptors (Lipinski definition) is 3. The van der Waals surface area contributed by atoms with E-state index in [0.717, 1.165) is 38.0 Å². The molecule has 1 unspecified atom stereocenters. The molecule has 0 aliphatic heterocycles. The Morgan fingerprint density at radius 2 is 1.96 bits per heavy atom. The largest absolute Gasteiger partial charge is 0.378 e. The summed E-state index contributed by atoms with van der Waals surface area (Å²) in [6.07, 6.45) is 9.01. The number of hydrogen-bond donors (Lipinski definition) is 2. The number of thioether (sulfide) groups is 1. The zero-order valence-corrected chi connectivity index (χ0v) is 18.6. The molecular formula is C17H36IN3OS. The smallest absolute Gasteiger partial charge is 0.191 e. The molecule has 138 valence electrons. The van der Waals surface area contributed by atoms with Gasteiger partial charge < -0.3 is 15.4 Å². The van der Waals surface area contributed by atoms with Crippen LogP contribution in [0, 0.1) is 5.92 Å². The van der Waals surface area contributed by atoms with Crippen LogP contribution in [0.4, 0.5) is 0 Å². The highest BCUT2D eigenvalue weighted by Gasteiger charge is 2.25. The molecule has 1 fully saturated rings. The van der Waals surface area contributed by atoms with Crippen molar-refractivity contribution in [3.63, 3.8) is 0 Å². The molecule has 0 aromatic heterocycles. The normalized spacial score (nSPS) is 17.7. The number of aliphatic imine (C=N–C) groups is 1. The van der Waals surface area contributed by atoms with Crippen LogP contribution >= 0.6 is 35.7 Å². The van der Waals surface area contributed by atoms with E-state index in [4.69, 9.17) is 4.74 Å². The fourth-order valence-corrected chi connectivity index (χ4v) is 3.14. The van der Waals surface area contributed by atoms with Gasteiger partial charge in [0, 0.05) is 31.5 Å². The van der Waals surface area contributed by atoms with Gasteiger partial charge in [0.1, 0.15) is 0 Å². The van der Waals surface area contributed by atoms with E-state index in [0.29, 0.717) is 6.10 Å². The van der Waals surface area contributed by atoms with Gasteiger partial charge in [0.05, 0.1) is 6.10 Å². The maximum atomic E-state index is 5.97. The molecule has 0 heterocycles. The van der Waals surface area contributed by atoms with E-state index < -0.39 is 0 Å². The van der Waals surface area contributed by atoms with Gasteiger partial charge in [-0.15, -0.1) is 24.0 Å². The fraction of sp³-hybridized carbons (Fsp3) is 0.941. The Morgan fingerprint density at radius 3 is 2.48 bits per heavy atom. The molecule has 4 nitrogen and oxygen atoms in total. The van der Waals surface area contributed by atoms with Crippen LogP contribution < -0.4 is 10.6 Å². The maximum absolute atomic E-state index is 5.97. The van der Waals surface area contributed by atoms with Crippen molar-refractivity contribution in [3.05, 3.63) is 0 Å². The second-order valence-electron chi connectivity index (χ2n) is 6.64. The second-order valence-corrected chi connectivity index (χ2v) is 8.16. The number of ether oxygens (including phenoxy) is 1. The topological polar surface area (TPSA) is 45.6 Å². The van der Waals surface area contributed by atoms with Gasteiger partial charge in [0.2, 0.25) is 0 Å². The minimum atomic E-state index is 0. The van der Waals surface area contributed by atoms with Gasteiger partial charge in [-0.2, -0.15) is 11.8 Å². The van der Waals surface area contributed by atoms with E-state index in [1.54, 1.807) is 0 Å². The zero-order chi connectivity index (χ0) is 16.4. The SMILES string of the molecule is CCOC(CCNC(=NC)NCC(C)(C)SC)C1CCCC1.I. The van der Waals surface area contributed by atoms with Crippen molar-refractivity contribution in [1.29, 1.82) is 0 Å². The Bertz CT molecular complexity index is 334. The summed E-state index contributed by atoms with van der Waals surface area (Å²) in [5.41, 5.74) is 0. The van der Waals surface area contributed by atoms with E-state index in [2.05, 4.69) is 42.7 Å². The van der Waals surface area contributed by atoms with Crippen LogP contribution in [0.25, 0.3) is 0 Å². The number of nitrogens with zero attached hydrogens (tertiary/aromatic N) is 1. The summed E-state index contributed by atoms with van der Waals surface area (Å²) in [4.78, 5) is 4.31. The Morgan fingerprint density at radius 1 is 1.30 bits per heavy atom. The van der Waals surface area contributed by atoms with Crippen molar-refractivity contribution in [2.45, 2.75) is 63.7 Å². The van der Waals surface area contributed by atoms with Gasteiger partial charge in [0.15, 0.2) is 5.96 Å². The van der Waals surface area contributed by atoms with Crippen LogP contribution in [0.1, 0.15) is 52.9 Å². The average molecular weight is 457 g/mol. The fourth-order valence-electron chi connectivity index (χ4n) is 2.92. The van der Waals surface area contributed by atoms with Gasteiger partial charge >= 0.3 is 0 Å². The minimum Gasteiger partial charge on any atom is -0.378 e. The van der Waals surface area contributed by atoms with E-state index in [1.165, 1.54) is 25.7 Å². The van der Waals surface area contributed by atoms with Gasteiger partial charge in [-0.05, 0) is 52.2 Å². The van der Waals surface area contributed by atoms with Crippen molar-refractivity contribution in [3.8, 4) is 0 Å². The van der Waals surface area contributed by atoms with E-state index in [1.807, 2.05) is 18.8 Å². The highest BCUT2D eigenvalue weighted by molar-refractivity contribution is 14.0. The van der Waals surface area contributed by atoms with Gasteiger partial charge in [-0.25, -0.2) is 0 Å². The summed E-state index contributed by atoms with van der Waals surface area (Å²) >= 11 is 1.87. The van der Waals surface area contributed by atoms with Crippen LogP contribution in [0.3, 0.4) is 0 Å². The highest BCUT2D eigenvalue weighted by Crippen LogP contribution is 2.30. The molecule has 0 spiro atoms. The number of halogens is 1. The minimum absolute atomic E-state index is 0. The molecule has 0 aromatic rings. The van der Waals surface area contributed by atoms with Gasteiger partial charge in [-0.3, -0.25) is 4.99 Å². The van der Waals surface area contributed by atoms with Crippen LogP contribution in [-0.4, -0.2) is 49.8 Å². The summed E-state index contributed by atoms with van der Waals surface area (Å²) in [5.74, 6) is 1.65. The lowest BCUT2D eigenvalue weighted by molar-refractivity contribution is 0.0169. The molecule has 0 amide bonds. The molecule has 1 aliphatic rings. The molecule has 1 rings (SSSR count). The van der Waals surface area contributed by atoms with Gasteiger partial charge in [0.25, 0.3) is 0 Å². The highest BCUT2D eigenvalue weighted by atomic mass is 127. The molecule has 0 bridgehead atoms. The monoisotopic (exact) mass is 457 g/mol. The molecular weight excluding hydrogens is 421 g/mol. The Labute approximate surface area is 164 Å². The summed E-state index contributed by atoms with van der Waals surface area (Å²) in [6, 6.07) is 0. The van der Waals surface area contributed by atoms with E-state index in [9.17, 15) is 0 Å². The predicted molar refractivity (Wildman–Crippen MR) is 114 cm³/mol. The first kappa shape index (κ1) is 23.3. The first-order valence-electron chi connectivity index (χ1n) is 8.63. The first-order valence-corrected chi connectivity index (χ1v) is 9.86. The lowest BCUT2D eigenvalue weighted by Gasteiger charge is -2.25. The third-order valence-electron chi connectivity index (χ3n) is 4.49. The van der Waals surface area contributed by atoms with Crippen molar-refractivity contribution < 1.29 is 4.74 Å². The van der Waals surface area contributed by atoms with E-state index in [-0.39, 0.29) is 28.7 Å². The van der Waals surface area contributed by atoms with Gasteiger partial charge in [-0.1, -0.05) is 12.8 Å². The zero-order valence-electron chi connectivity index (χ0n) is 15.5. The average Bonchev–Trinajstić information content (AvgIpc) is 3.03. The van der Waals surface area contributed by atoms with Crippen LogP contribution in [0.2, 0.25) is 0 Å². The third kappa shape index (κ3) is 9.39. The predicted octanol–water partition coefficient (Wildman–Crippen LogP) is 3.90. The molecule has 0 saturated heterocycles. The maximum Gasteiger partial charge on any atom is 0.191 e. The lowest BCUT2D eigenvalue weighted by atomic mass is 9.98. The molecule has 0 aromatic carbocycles. The summed E-state index contributed by atoms with van der Waals surface area (Å²) < 4.78 is 6.19. The summed E-state index contributed by atoms with van der Waals surface area (Å²) in [6.45, 7) is 9.22. The van der Waals surface area contributed by atoms with E-state index >= 15 is 0 Å². The standard InChI is InChI=1S/C17H35N3OS.HI/c1-6-21-15(14-9-7-8-10-14)11-12-19-16(18-4)20-13-17(2,3)22-5;/h14-15H,6-13H2,1-5H3,(H2,18,19,20);1H. The van der Waals surface area contributed by atoms with Crippen molar-refractivity contribution in [2.75, 3.05) is 33.0 Å². The van der Waals surface area contributed by atoms with Crippen molar-refractivity contribution in [2.24, 2.45) is 10.9 Å². The molecule has 0 radical (unpaired) electrons. The Balaban J connectivity index is 0.00000484. The number of guanidine groups is 1. The van der Waals surface area contributed by atoms with Crippen LogP contribution in [0.5, 0.6) is 0 Å². The third-order valence-corrected chi connectivity index (χ3v) is 5.73. The Hall–Kier alpha value is 0.310. The van der Waals surface area contributed by atoms with Crippen molar-refractivity contribution in [1.82, 2.24) is 10.6 Å². The molecule has 23 heavy (non-hydrogen) atoms. The molecule has 6 heteroatoms. The molecule has 2 N–H and O–H groups in total. The molecule has 1 atom stereocenters. The lowest BCUT2D eigenvalue weighted by Crippen LogP contribution is -2.44. The van der Waals surface area contributed by atoms with Crippen LogP contribution in [-0.2, 0) is 4.74 Å². The van der Waals surface area contributed by atoms with Crippen LogP contribution in [0.15, 0.2) is 4.99 Å². The van der Waals surface area contributed by atoms with Crippen molar-refractivity contribution >= 4 is 41.7 Å². The number of rotatable bonds is 9. The quantitative estimate of drug-likeness (QED) is 0.313. The molecule has 1 aliphatic carbocycles.